The van der Waals surface area contributed by atoms with Gasteiger partial charge in [0, 0.05) is 30.2 Å². The molecule has 2 unspecified atom stereocenters. The van der Waals surface area contributed by atoms with Gasteiger partial charge in [0.1, 0.15) is 5.01 Å². The van der Waals surface area contributed by atoms with Crippen LogP contribution in [-0.4, -0.2) is 41.6 Å². The molecule has 2 aliphatic carbocycles. The van der Waals surface area contributed by atoms with Crippen LogP contribution in [-0.2, 0) is 0 Å². The summed E-state index contributed by atoms with van der Waals surface area (Å²) in [4.78, 5) is 19.5. The van der Waals surface area contributed by atoms with Crippen LogP contribution in [0.15, 0.2) is 5.38 Å². The van der Waals surface area contributed by atoms with Crippen LogP contribution in [0.25, 0.3) is 0 Å². The molecular weight excluding hydrogens is 308 g/mol. The second-order valence-electron chi connectivity index (χ2n) is 7.38. The van der Waals surface area contributed by atoms with Crippen LogP contribution < -0.4 is 10.6 Å². The molecule has 1 saturated heterocycles. The highest BCUT2D eigenvalue weighted by Gasteiger charge is 2.36. The summed E-state index contributed by atoms with van der Waals surface area (Å²) in [6.45, 7) is 5.17. The highest BCUT2D eigenvalue weighted by molar-refractivity contribution is 7.09. The van der Waals surface area contributed by atoms with Crippen molar-refractivity contribution >= 4 is 17.4 Å². The zero-order chi connectivity index (χ0) is 15.8. The van der Waals surface area contributed by atoms with Gasteiger partial charge in [-0.25, -0.2) is 9.78 Å². The predicted octanol–water partition coefficient (Wildman–Crippen LogP) is 2.69. The van der Waals surface area contributed by atoms with Gasteiger partial charge in [-0.1, -0.05) is 0 Å². The SMILES string of the molecule is Cc1csc(C(NC(=O)NCC2CCN(C3CC3)C2)C2CC2)n1. The fourth-order valence-electron chi connectivity index (χ4n) is 3.56. The van der Waals surface area contributed by atoms with E-state index in [9.17, 15) is 4.79 Å². The number of carbonyl (C=O) groups excluding carboxylic acids is 1. The molecule has 2 N–H and O–H groups in total. The number of amides is 2. The predicted molar refractivity (Wildman–Crippen MR) is 91.6 cm³/mol. The Bertz CT molecular complexity index is 567. The minimum absolute atomic E-state index is 0.0281. The maximum absolute atomic E-state index is 12.3. The van der Waals surface area contributed by atoms with Crippen LogP contribution >= 0.6 is 11.3 Å². The monoisotopic (exact) mass is 334 g/mol. The van der Waals surface area contributed by atoms with E-state index in [0.717, 1.165) is 29.8 Å². The molecular formula is C17H26N4OS. The first kappa shape index (κ1) is 15.4. The minimum Gasteiger partial charge on any atom is -0.338 e. The molecule has 0 aromatic carbocycles. The average molecular weight is 334 g/mol. The van der Waals surface area contributed by atoms with Gasteiger partial charge in [-0.2, -0.15) is 0 Å². The molecule has 1 aromatic rings. The van der Waals surface area contributed by atoms with Crippen LogP contribution in [0, 0.1) is 18.8 Å². The lowest BCUT2D eigenvalue weighted by atomic mass is 10.1. The molecule has 1 aliphatic heterocycles. The molecule has 2 saturated carbocycles. The summed E-state index contributed by atoms with van der Waals surface area (Å²) in [7, 11) is 0. The fraction of sp³-hybridized carbons (Fsp3) is 0.765. The zero-order valence-corrected chi connectivity index (χ0v) is 14.6. The normalized spacial score (nSPS) is 26.2. The number of likely N-dealkylation sites (tertiary alicyclic amines) is 1. The van der Waals surface area contributed by atoms with Gasteiger partial charge in [0.2, 0.25) is 0 Å². The van der Waals surface area contributed by atoms with E-state index in [-0.39, 0.29) is 12.1 Å². The number of rotatable bonds is 6. The Morgan fingerprint density at radius 2 is 2.22 bits per heavy atom. The number of aryl methyl sites for hydroxylation is 1. The Labute approximate surface area is 141 Å². The Hall–Kier alpha value is -1.14. The molecule has 2 amide bonds. The van der Waals surface area contributed by atoms with Crippen LogP contribution in [0.5, 0.6) is 0 Å². The molecule has 0 bridgehead atoms. The number of aromatic nitrogens is 1. The van der Waals surface area contributed by atoms with Gasteiger partial charge in [-0.3, -0.25) is 0 Å². The lowest BCUT2D eigenvalue weighted by Crippen LogP contribution is -2.41. The molecule has 6 heteroatoms. The van der Waals surface area contributed by atoms with Gasteiger partial charge in [0.05, 0.1) is 6.04 Å². The number of urea groups is 1. The molecule has 23 heavy (non-hydrogen) atoms. The maximum atomic E-state index is 12.3. The van der Waals surface area contributed by atoms with Crippen LogP contribution in [0.2, 0.25) is 0 Å². The van der Waals surface area contributed by atoms with Gasteiger partial charge in [-0.15, -0.1) is 11.3 Å². The van der Waals surface area contributed by atoms with Crippen molar-refractivity contribution in [2.45, 2.75) is 51.1 Å². The molecule has 2 heterocycles. The van der Waals surface area contributed by atoms with Gasteiger partial charge in [0.15, 0.2) is 0 Å². The van der Waals surface area contributed by atoms with Crippen molar-refractivity contribution in [1.29, 1.82) is 0 Å². The summed E-state index contributed by atoms with van der Waals surface area (Å²) >= 11 is 1.66. The molecule has 3 aliphatic rings. The number of nitrogens with zero attached hydrogens (tertiary/aromatic N) is 2. The van der Waals surface area contributed by atoms with Gasteiger partial charge >= 0.3 is 6.03 Å². The molecule has 2 atom stereocenters. The molecule has 0 radical (unpaired) electrons. The summed E-state index contributed by atoms with van der Waals surface area (Å²) < 4.78 is 0. The summed E-state index contributed by atoms with van der Waals surface area (Å²) in [6, 6.07) is 0.918. The third-order valence-electron chi connectivity index (χ3n) is 5.21. The Balaban J connectivity index is 1.25. The van der Waals surface area contributed by atoms with Crippen molar-refractivity contribution in [2.75, 3.05) is 19.6 Å². The third kappa shape index (κ3) is 3.86. The standard InChI is InChI=1S/C17H26N4OS/c1-11-10-23-16(19-11)15(13-2-3-13)20-17(22)18-8-12-6-7-21(9-12)14-4-5-14/h10,12-15H,2-9H2,1H3,(H2,18,20,22). The molecule has 5 nitrogen and oxygen atoms in total. The molecule has 4 rings (SSSR count). The summed E-state index contributed by atoms with van der Waals surface area (Å²) in [5.41, 5.74) is 1.05. The maximum Gasteiger partial charge on any atom is 0.315 e. The number of hydrogen-bond acceptors (Lipinski definition) is 4. The van der Waals surface area contributed by atoms with Crippen molar-refractivity contribution in [3.05, 3.63) is 16.1 Å². The van der Waals surface area contributed by atoms with Crippen molar-refractivity contribution in [2.24, 2.45) is 11.8 Å². The van der Waals surface area contributed by atoms with Gasteiger partial charge in [-0.05, 0) is 57.4 Å². The molecule has 126 valence electrons. The van der Waals surface area contributed by atoms with Crippen molar-refractivity contribution in [1.82, 2.24) is 20.5 Å². The van der Waals surface area contributed by atoms with E-state index in [1.807, 2.05) is 6.92 Å². The van der Waals surface area contributed by atoms with Crippen LogP contribution in [0.4, 0.5) is 4.79 Å². The largest absolute Gasteiger partial charge is 0.338 e. The minimum atomic E-state index is -0.0281. The van der Waals surface area contributed by atoms with Gasteiger partial charge < -0.3 is 15.5 Å². The fourth-order valence-corrected chi connectivity index (χ4v) is 4.49. The van der Waals surface area contributed by atoms with Crippen LogP contribution in [0.3, 0.4) is 0 Å². The number of nitrogens with one attached hydrogen (secondary N) is 2. The lowest BCUT2D eigenvalue weighted by Gasteiger charge is -2.18. The number of thiazole rings is 1. The lowest BCUT2D eigenvalue weighted by molar-refractivity contribution is 0.233. The Morgan fingerprint density at radius 1 is 1.39 bits per heavy atom. The van der Waals surface area contributed by atoms with E-state index in [2.05, 4.69) is 25.9 Å². The molecule has 0 spiro atoms. The topological polar surface area (TPSA) is 57.3 Å². The second kappa shape index (κ2) is 6.40. The highest BCUT2D eigenvalue weighted by atomic mass is 32.1. The summed E-state index contributed by atoms with van der Waals surface area (Å²) in [5.74, 6) is 1.19. The van der Waals surface area contributed by atoms with E-state index in [0.29, 0.717) is 11.8 Å². The summed E-state index contributed by atoms with van der Waals surface area (Å²) in [5, 5.41) is 9.38. The van der Waals surface area contributed by atoms with Crippen molar-refractivity contribution in [3.63, 3.8) is 0 Å². The first-order valence-corrected chi connectivity index (χ1v) is 9.77. The van der Waals surface area contributed by atoms with E-state index in [4.69, 9.17) is 0 Å². The Morgan fingerprint density at radius 3 is 2.87 bits per heavy atom. The quantitative estimate of drug-likeness (QED) is 0.841. The second-order valence-corrected chi connectivity index (χ2v) is 8.27. The Kier molecular flexibility index (Phi) is 4.28. The first-order chi connectivity index (χ1) is 11.2. The first-order valence-electron chi connectivity index (χ1n) is 8.89. The average Bonchev–Trinajstić information content (AvgIpc) is 3.46. The van der Waals surface area contributed by atoms with Crippen molar-refractivity contribution < 1.29 is 4.79 Å². The third-order valence-corrected chi connectivity index (χ3v) is 6.26. The summed E-state index contributed by atoms with van der Waals surface area (Å²) in [6.07, 6.45) is 6.35. The molecule has 3 fully saturated rings. The number of hydrogen-bond donors (Lipinski definition) is 2. The van der Waals surface area contributed by atoms with Gasteiger partial charge in [0.25, 0.3) is 0 Å². The smallest absolute Gasteiger partial charge is 0.315 e. The van der Waals surface area contributed by atoms with Crippen LogP contribution in [0.1, 0.15) is 48.8 Å². The number of carbonyl (C=O) groups is 1. The molecule has 1 aromatic heterocycles. The van der Waals surface area contributed by atoms with E-state index in [1.54, 1.807) is 11.3 Å². The highest BCUT2D eigenvalue weighted by Crippen LogP contribution is 2.41. The van der Waals surface area contributed by atoms with Crippen molar-refractivity contribution in [3.8, 4) is 0 Å². The van der Waals surface area contributed by atoms with E-state index >= 15 is 0 Å². The van der Waals surface area contributed by atoms with E-state index in [1.165, 1.54) is 38.6 Å². The zero-order valence-electron chi connectivity index (χ0n) is 13.8. The van der Waals surface area contributed by atoms with E-state index < -0.39 is 0 Å².